The van der Waals surface area contributed by atoms with Gasteiger partial charge in [0, 0.05) is 32.3 Å². The molecule has 2 aliphatic rings. The van der Waals surface area contributed by atoms with Gasteiger partial charge in [-0.25, -0.2) is 0 Å². The zero-order valence-electron chi connectivity index (χ0n) is 10.3. The molecule has 1 atom stereocenters. The standard InChI is InChI=1S/C12H24N2O2/c1-15-8-9-16-7-6-14-5-4-12(10-14)13-11-2-3-11/h11-13H,2-10H2,1H3. The van der Waals surface area contributed by atoms with Crippen molar-refractivity contribution in [1.29, 1.82) is 0 Å². The first-order valence-corrected chi connectivity index (χ1v) is 6.43. The van der Waals surface area contributed by atoms with Crippen molar-refractivity contribution in [3.05, 3.63) is 0 Å². The Labute approximate surface area is 98.3 Å². The van der Waals surface area contributed by atoms with Gasteiger partial charge in [-0.15, -0.1) is 0 Å². The Kier molecular flexibility index (Phi) is 5.03. The molecule has 4 heteroatoms. The highest BCUT2D eigenvalue weighted by atomic mass is 16.5. The Morgan fingerprint density at radius 2 is 2.00 bits per heavy atom. The minimum Gasteiger partial charge on any atom is -0.382 e. The molecule has 0 bridgehead atoms. The molecule has 0 aromatic carbocycles. The van der Waals surface area contributed by atoms with Crippen molar-refractivity contribution in [3.8, 4) is 0 Å². The van der Waals surface area contributed by atoms with Crippen molar-refractivity contribution in [2.45, 2.75) is 31.3 Å². The third-order valence-electron chi connectivity index (χ3n) is 3.30. The molecule has 94 valence electrons. The number of hydrogen-bond acceptors (Lipinski definition) is 4. The fourth-order valence-electron chi connectivity index (χ4n) is 2.19. The molecule has 1 aliphatic carbocycles. The van der Waals surface area contributed by atoms with Crippen LogP contribution in [-0.2, 0) is 9.47 Å². The van der Waals surface area contributed by atoms with Gasteiger partial charge in [0.2, 0.25) is 0 Å². The third-order valence-corrected chi connectivity index (χ3v) is 3.30. The van der Waals surface area contributed by atoms with Gasteiger partial charge in [-0.2, -0.15) is 0 Å². The molecule has 1 unspecified atom stereocenters. The fourth-order valence-corrected chi connectivity index (χ4v) is 2.19. The minimum absolute atomic E-state index is 0.700. The third kappa shape index (κ3) is 4.37. The lowest BCUT2D eigenvalue weighted by Crippen LogP contribution is -2.34. The SMILES string of the molecule is COCCOCCN1CCC(NC2CC2)C1. The van der Waals surface area contributed by atoms with Crippen LogP contribution in [0.5, 0.6) is 0 Å². The van der Waals surface area contributed by atoms with Gasteiger partial charge < -0.3 is 14.8 Å². The van der Waals surface area contributed by atoms with E-state index in [-0.39, 0.29) is 0 Å². The van der Waals surface area contributed by atoms with Gasteiger partial charge in [0.1, 0.15) is 0 Å². The molecular weight excluding hydrogens is 204 g/mol. The van der Waals surface area contributed by atoms with Crippen molar-refractivity contribution in [2.24, 2.45) is 0 Å². The summed E-state index contributed by atoms with van der Waals surface area (Å²) >= 11 is 0. The molecule has 2 fully saturated rings. The smallest absolute Gasteiger partial charge is 0.0700 e. The number of ether oxygens (including phenoxy) is 2. The van der Waals surface area contributed by atoms with Gasteiger partial charge in [0.15, 0.2) is 0 Å². The molecule has 1 N–H and O–H groups in total. The van der Waals surface area contributed by atoms with E-state index >= 15 is 0 Å². The van der Waals surface area contributed by atoms with E-state index < -0.39 is 0 Å². The Balaban J connectivity index is 1.47. The summed E-state index contributed by atoms with van der Waals surface area (Å²) in [5, 5.41) is 3.69. The van der Waals surface area contributed by atoms with Crippen molar-refractivity contribution < 1.29 is 9.47 Å². The van der Waals surface area contributed by atoms with Crippen LogP contribution in [-0.4, -0.2) is 63.5 Å². The average Bonchev–Trinajstić information content (AvgIpc) is 2.98. The van der Waals surface area contributed by atoms with Crippen LogP contribution in [0.15, 0.2) is 0 Å². The van der Waals surface area contributed by atoms with Gasteiger partial charge in [0.25, 0.3) is 0 Å². The largest absolute Gasteiger partial charge is 0.382 e. The predicted molar refractivity (Wildman–Crippen MR) is 63.7 cm³/mol. The van der Waals surface area contributed by atoms with Crippen molar-refractivity contribution in [2.75, 3.05) is 46.6 Å². The van der Waals surface area contributed by atoms with Crippen LogP contribution in [0.3, 0.4) is 0 Å². The fraction of sp³-hybridized carbons (Fsp3) is 1.00. The summed E-state index contributed by atoms with van der Waals surface area (Å²) in [6, 6.07) is 1.56. The Morgan fingerprint density at radius 3 is 2.75 bits per heavy atom. The predicted octanol–water partition coefficient (Wildman–Crippen LogP) is 0.476. The Morgan fingerprint density at radius 1 is 1.12 bits per heavy atom. The number of methoxy groups -OCH3 is 1. The van der Waals surface area contributed by atoms with Crippen LogP contribution in [0.1, 0.15) is 19.3 Å². The Hall–Kier alpha value is -0.160. The summed E-state index contributed by atoms with van der Waals surface area (Å²) in [5.41, 5.74) is 0. The van der Waals surface area contributed by atoms with Crippen LogP contribution in [0.2, 0.25) is 0 Å². The molecule has 4 nitrogen and oxygen atoms in total. The quantitative estimate of drug-likeness (QED) is 0.613. The second kappa shape index (κ2) is 6.55. The van der Waals surface area contributed by atoms with Gasteiger partial charge in [-0.05, 0) is 25.8 Å². The van der Waals surface area contributed by atoms with E-state index in [1.807, 2.05) is 0 Å². The topological polar surface area (TPSA) is 33.7 Å². The zero-order valence-corrected chi connectivity index (χ0v) is 10.3. The maximum Gasteiger partial charge on any atom is 0.0700 e. The molecule has 0 radical (unpaired) electrons. The molecular formula is C12H24N2O2. The second-order valence-electron chi connectivity index (χ2n) is 4.83. The van der Waals surface area contributed by atoms with Gasteiger partial charge >= 0.3 is 0 Å². The second-order valence-corrected chi connectivity index (χ2v) is 4.83. The van der Waals surface area contributed by atoms with E-state index in [2.05, 4.69) is 10.2 Å². The Bertz CT molecular complexity index is 197. The highest BCUT2D eigenvalue weighted by Crippen LogP contribution is 2.21. The van der Waals surface area contributed by atoms with Crippen LogP contribution >= 0.6 is 0 Å². The maximum atomic E-state index is 5.48. The molecule has 16 heavy (non-hydrogen) atoms. The maximum absolute atomic E-state index is 5.48. The van der Waals surface area contributed by atoms with E-state index in [0.29, 0.717) is 13.2 Å². The molecule has 1 aliphatic heterocycles. The molecule has 0 aromatic heterocycles. The van der Waals surface area contributed by atoms with E-state index in [9.17, 15) is 0 Å². The molecule has 1 saturated carbocycles. The average molecular weight is 228 g/mol. The molecule has 0 aromatic rings. The first-order chi connectivity index (χ1) is 7.88. The van der Waals surface area contributed by atoms with Gasteiger partial charge in [-0.1, -0.05) is 0 Å². The van der Waals surface area contributed by atoms with E-state index in [0.717, 1.165) is 25.2 Å². The van der Waals surface area contributed by atoms with Crippen molar-refractivity contribution >= 4 is 0 Å². The van der Waals surface area contributed by atoms with E-state index in [1.165, 1.54) is 32.4 Å². The molecule has 2 rings (SSSR count). The van der Waals surface area contributed by atoms with Crippen molar-refractivity contribution in [1.82, 2.24) is 10.2 Å². The monoisotopic (exact) mass is 228 g/mol. The minimum atomic E-state index is 0.700. The number of nitrogens with zero attached hydrogens (tertiary/aromatic N) is 1. The van der Waals surface area contributed by atoms with Gasteiger partial charge in [0.05, 0.1) is 19.8 Å². The first-order valence-electron chi connectivity index (χ1n) is 6.43. The van der Waals surface area contributed by atoms with Gasteiger partial charge in [-0.3, -0.25) is 4.90 Å². The normalized spacial score (nSPS) is 26.4. The van der Waals surface area contributed by atoms with Crippen LogP contribution < -0.4 is 5.32 Å². The number of likely N-dealkylation sites (tertiary alicyclic amines) is 1. The summed E-state index contributed by atoms with van der Waals surface area (Å²) in [6.45, 7) is 5.73. The summed E-state index contributed by atoms with van der Waals surface area (Å²) in [6.07, 6.45) is 4.07. The molecule has 0 amide bonds. The lowest BCUT2D eigenvalue weighted by molar-refractivity contribution is 0.0601. The molecule has 0 spiro atoms. The zero-order chi connectivity index (χ0) is 11.2. The highest BCUT2D eigenvalue weighted by Gasteiger charge is 2.28. The lowest BCUT2D eigenvalue weighted by Gasteiger charge is -2.16. The van der Waals surface area contributed by atoms with Crippen LogP contribution in [0, 0.1) is 0 Å². The summed E-state index contributed by atoms with van der Waals surface area (Å²) in [7, 11) is 1.71. The lowest BCUT2D eigenvalue weighted by atomic mass is 10.2. The summed E-state index contributed by atoms with van der Waals surface area (Å²) in [5.74, 6) is 0. The summed E-state index contributed by atoms with van der Waals surface area (Å²) < 4.78 is 10.4. The van der Waals surface area contributed by atoms with Crippen LogP contribution in [0.4, 0.5) is 0 Å². The van der Waals surface area contributed by atoms with E-state index in [4.69, 9.17) is 9.47 Å². The van der Waals surface area contributed by atoms with Crippen LogP contribution in [0.25, 0.3) is 0 Å². The summed E-state index contributed by atoms with van der Waals surface area (Å²) in [4.78, 5) is 2.49. The number of rotatable bonds is 8. The van der Waals surface area contributed by atoms with Crippen molar-refractivity contribution in [3.63, 3.8) is 0 Å². The molecule has 1 heterocycles. The number of hydrogen-bond donors (Lipinski definition) is 1. The first kappa shape index (κ1) is 12.3. The molecule has 1 saturated heterocycles. The van der Waals surface area contributed by atoms with E-state index in [1.54, 1.807) is 7.11 Å². The number of nitrogens with one attached hydrogen (secondary N) is 1. The highest BCUT2D eigenvalue weighted by molar-refractivity contribution is 4.89.